The molecule has 1 nitrogen and oxygen atoms in total. The van der Waals surface area contributed by atoms with Crippen LogP contribution in [0.3, 0.4) is 0 Å². The number of nitrogens with zero attached hydrogens (tertiary/aromatic N) is 1. The molecule has 0 unspecified atom stereocenters. The molecule has 0 bridgehead atoms. The molecule has 0 spiro atoms. The largest absolute Gasteiger partial charge is 0.373 e. The molecule has 1 aliphatic carbocycles. The molecule has 0 radical (unpaired) electrons. The third kappa shape index (κ3) is 3.13. The van der Waals surface area contributed by atoms with Crippen molar-refractivity contribution in [2.24, 2.45) is 0 Å². The second-order valence-corrected chi connectivity index (χ2v) is 4.09. The van der Waals surface area contributed by atoms with Crippen molar-refractivity contribution in [3.8, 4) is 0 Å². The summed E-state index contributed by atoms with van der Waals surface area (Å²) in [5.41, 5.74) is 3.77. The van der Waals surface area contributed by atoms with Gasteiger partial charge in [0.05, 0.1) is 0 Å². The molecule has 0 atom stereocenters. The molecule has 88 valence electrons. The summed E-state index contributed by atoms with van der Waals surface area (Å²) in [6, 6.07) is 0. The van der Waals surface area contributed by atoms with Gasteiger partial charge in [-0.3, -0.25) is 0 Å². The molecular weight excluding hydrogens is 194 g/mol. The van der Waals surface area contributed by atoms with E-state index in [2.05, 4.69) is 44.1 Å². The second-order valence-electron chi connectivity index (χ2n) is 4.09. The molecule has 0 amide bonds. The highest BCUT2D eigenvalue weighted by atomic mass is 15.1. The van der Waals surface area contributed by atoms with Crippen molar-refractivity contribution in [2.75, 3.05) is 13.1 Å². The van der Waals surface area contributed by atoms with Crippen LogP contribution >= 0.6 is 0 Å². The van der Waals surface area contributed by atoms with E-state index in [-0.39, 0.29) is 0 Å². The number of rotatable bonds is 6. The Balaban J connectivity index is 2.78. The molecule has 0 fully saturated rings. The summed E-state index contributed by atoms with van der Waals surface area (Å²) < 4.78 is 0. The first-order valence-corrected chi connectivity index (χ1v) is 6.20. The van der Waals surface area contributed by atoms with Gasteiger partial charge in [0.2, 0.25) is 0 Å². The summed E-state index contributed by atoms with van der Waals surface area (Å²) in [6.07, 6.45) is 10.1. The van der Waals surface area contributed by atoms with Crippen molar-refractivity contribution in [1.82, 2.24) is 4.90 Å². The van der Waals surface area contributed by atoms with E-state index in [4.69, 9.17) is 0 Å². The molecule has 1 heteroatoms. The van der Waals surface area contributed by atoms with E-state index in [0.717, 1.165) is 18.8 Å². The quantitative estimate of drug-likeness (QED) is 0.606. The average Bonchev–Trinajstić information content (AvgIpc) is 2.81. The average molecular weight is 217 g/mol. The van der Waals surface area contributed by atoms with Crippen LogP contribution in [0.4, 0.5) is 0 Å². The maximum atomic E-state index is 4.13. The van der Waals surface area contributed by atoms with Crippen molar-refractivity contribution in [2.45, 2.75) is 33.1 Å². The standard InChI is InChI=1S/C15H23N/c1-5-14(15-10-8-9-11-15)12-13(4)16(6-2)7-3/h5,10,12H,1,4,6-9,11H2,2-3H3/b14-12+. The summed E-state index contributed by atoms with van der Waals surface area (Å²) in [5.74, 6) is 0. The minimum absolute atomic E-state index is 1.01. The van der Waals surface area contributed by atoms with Crippen LogP contribution in [-0.2, 0) is 0 Å². The van der Waals surface area contributed by atoms with Crippen molar-refractivity contribution in [1.29, 1.82) is 0 Å². The Morgan fingerprint density at radius 2 is 2.12 bits per heavy atom. The first-order chi connectivity index (χ1) is 7.72. The van der Waals surface area contributed by atoms with E-state index in [0.29, 0.717) is 0 Å². The predicted octanol–water partition coefficient (Wildman–Crippen LogP) is 4.06. The highest BCUT2D eigenvalue weighted by Crippen LogP contribution is 2.26. The van der Waals surface area contributed by atoms with Crippen molar-refractivity contribution < 1.29 is 0 Å². The Bertz CT molecular complexity index is 316. The zero-order valence-corrected chi connectivity index (χ0v) is 10.6. The normalized spacial score (nSPS) is 15.9. The van der Waals surface area contributed by atoms with E-state index < -0.39 is 0 Å². The first-order valence-electron chi connectivity index (χ1n) is 6.20. The summed E-state index contributed by atoms with van der Waals surface area (Å²) in [4.78, 5) is 2.26. The number of hydrogen-bond donors (Lipinski definition) is 0. The van der Waals surface area contributed by atoms with Gasteiger partial charge >= 0.3 is 0 Å². The lowest BCUT2D eigenvalue weighted by Gasteiger charge is -2.21. The van der Waals surface area contributed by atoms with Crippen LogP contribution in [0.1, 0.15) is 33.1 Å². The topological polar surface area (TPSA) is 3.24 Å². The van der Waals surface area contributed by atoms with Crippen LogP contribution in [0.25, 0.3) is 0 Å². The zero-order chi connectivity index (χ0) is 12.0. The van der Waals surface area contributed by atoms with E-state index in [1.165, 1.54) is 30.4 Å². The van der Waals surface area contributed by atoms with Crippen LogP contribution < -0.4 is 0 Å². The predicted molar refractivity (Wildman–Crippen MR) is 72.3 cm³/mol. The van der Waals surface area contributed by atoms with Crippen LogP contribution in [-0.4, -0.2) is 18.0 Å². The maximum absolute atomic E-state index is 4.13. The molecule has 1 rings (SSSR count). The Labute approximate surface area is 99.8 Å². The highest BCUT2D eigenvalue weighted by molar-refractivity contribution is 5.44. The molecule has 0 aromatic carbocycles. The van der Waals surface area contributed by atoms with Gasteiger partial charge in [-0.25, -0.2) is 0 Å². The molecule has 16 heavy (non-hydrogen) atoms. The van der Waals surface area contributed by atoms with Gasteiger partial charge in [-0.1, -0.05) is 25.3 Å². The van der Waals surface area contributed by atoms with Gasteiger partial charge in [0.15, 0.2) is 0 Å². The van der Waals surface area contributed by atoms with Gasteiger partial charge in [0, 0.05) is 18.8 Å². The first kappa shape index (κ1) is 12.8. The minimum Gasteiger partial charge on any atom is -0.373 e. The minimum atomic E-state index is 1.01. The molecular formula is C15H23N. The lowest BCUT2D eigenvalue weighted by atomic mass is 10.0. The van der Waals surface area contributed by atoms with Gasteiger partial charge in [0.1, 0.15) is 0 Å². The summed E-state index contributed by atoms with van der Waals surface area (Å²) in [7, 11) is 0. The van der Waals surface area contributed by atoms with E-state index in [1.54, 1.807) is 0 Å². The fourth-order valence-corrected chi connectivity index (χ4v) is 2.12. The van der Waals surface area contributed by atoms with Crippen molar-refractivity contribution >= 4 is 0 Å². The molecule has 0 N–H and O–H groups in total. The number of allylic oxidation sites excluding steroid dienone is 5. The fourth-order valence-electron chi connectivity index (χ4n) is 2.12. The van der Waals surface area contributed by atoms with E-state index >= 15 is 0 Å². The Hall–Kier alpha value is -1.24. The Morgan fingerprint density at radius 3 is 2.56 bits per heavy atom. The highest BCUT2D eigenvalue weighted by Gasteiger charge is 2.08. The smallest absolute Gasteiger partial charge is 0.0299 e. The molecule has 0 heterocycles. The Morgan fingerprint density at radius 1 is 1.44 bits per heavy atom. The van der Waals surface area contributed by atoms with Crippen LogP contribution in [0, 0.1) is 0 Å². The summed E-state index contributed by atoms with van der Waals surface area (Å²) in [5, 5.41) is 0. The Kier molecular flexibility index (Phi) is 5.10. The van der Waals surface area contributed by atoms with Crippen molar-refractivity contribution in [3.63, 3.8) is 0 Å². The molecule has 0 saturated carbocycles. The third-order valence-electron chi connectivity index (χ3n) is 3.12. The zero-order valence-electron chi connectivity index (χ0n) is 10.6. The molecule has 0 saturated heterocycles. The van der Waals surface area contributed by atoms with Gasteiger partial charge in [0.25, 0.3) is 0 Å². The molecule has 0 aromatic rings. The van der Waals surface area contributed by atoms with Gasteiger partial charge in [-0.15, -0.1) is 0 Å². The monoisotopic (exact) mass is 217 g/mol. The molecule has 0 aliphatic heterocycles. The second kappa shape index (κ2) is 6.37. The van der Waals surface area contributed by atoms with E-state index in [9.17, 15) is 0 Å². The third-order valence-corrected chi connectivity index (χ3v) is 3.12. The summed E-state index contributed by atoms with van der Waals surface area (Å²) >= 11 is 0. The van der Waals surface area contributed by atoms with Gasteiger partial charge in [-0.05, 0) is 50.3 Å². The van der Waals surface area contributed by atoms with Crippen LogP contribution in [0.2, 0.25) is 0 Å². The SMILES string of the molecule is C=C/C(=C\C(=C)N(CC)CC)C1=CCCC1. The van der Waals surface area contributed by atoms with Gasteiger partial charge in [-0.2, -0.15) is 0 Å². The van der Waals surface area contributed by atoms with E-state index in [1.807, 2.05) is 6.08 Å². The summed E-state index contributed by atoms with van der Waals surface area (Å²) in [6.45, 7) is 14.4. The lowest BCUT2D eigenvalue weighted by molar-refractivity contribution is 0.396. The molecule has 1 aliphatic rings. The number of hydrogen-bond acceptors (Lipinski definition) is 1. The lowest BCUT2D eigenvalue weighted by Crippen LogP contribution is -2.20. The van der Waals surface area contributed by atoms with Gasteiger partial charge < -0.3 is 4.90 Å². The van der Waals surface area contributed by atoms with Crippen LogP contribution in [0.15, 0.2) is 48.2 Å². The maximum Gasteiger partial charge on any atom is 0.0299 e. The van der Waals surface area contributed by atoms with Crippen molar-refractivity contribution in [3.05, 3.63) is 48.2 Å². The molecule has 0 aromatic heterocycles. The van der Waals surface area contributed by atoms with Crippen LogP contribution in [0.5, 0.6) is 0 Å². The number of likely N-dealkylation sites (N-methyl/N-ethyl adjacent to an activating group) is 1. The fraction of sp³-hybridized carbons (Fsp3) is 0.467.